The van der Waals surface area contributed by atoms with Gasteiger partial charge in [-0.2, -0.15) is 0 Å². The van der Waals surface area contributed by atoms with Crippen LogP contribution in [0.15, 0.2) is 103 Å². The zero-order valence-electron chi connectivity index (χ0n) is 35.8. The summed E-state index contributed by atoms with van der Waals surface area (Å²) in [5.41, 5.74) is 1.24. The van der Waals surface area contributed by atoms with Gasteiger partial charge in [-0.25, -0.2) is 0 Å². The second-order valence-electron chi connectivity index (χ2n) is 14.2. The number of para-hydroxylation sites is 1. The van der Waals surface area contributed by atoms with Crippen molar-refractivity contribution in [3.8, 4) is 11.5 Å². The molecule has 346 valence electrons. The molecule has 6 rings (SSSR count). The van der Waals surface area contributed by atoms with E-state index < -0.39 is 0 Å². The summed E-state index contributed by atoms with van der Waals surface area (Å²) in [6.07, 6.45) is 0. The molecular weight excluding hydrogens is 915 g/mol. The van der Waals surface area contributed by atoms with E-state index in [2.05, 4.69) is 68.5 Å². The van der Waals surface area contributed by atoms with Gasteiger partial charge in [0, 0.05) is 31.9 Å². The monoisotopic (exact) mass is 973 g/mol. The minimum Gasteiger partial charge on any atom is 1.00 e. The number of nitrogens with zero attached hydrogens (tertiary/aromatic N) is 3. The Morgan fingerprint density at radius 2 is 0.903 bits per heavy atom. The number of likely N-dealkylation sites (N-methyl/N-ethyl adjacent to an activating group) is 2. The van der Waals surface area contributed by atoms with Crippen LogP contribution >= 0.6 is 10.1 Å². The van der Waals surface area contributed by atoms with Crippen molar-refractivity contribution in [3.05, 3.63) is 114 Å². The van der Waals surface area contributed by atoms with Crippen LogP contribution in [0.5, 0.6) is 11.5 Å². The molecule has 62 heavy (non-hydrogen) atoms. The Kier molecular flexibility index (Phi) is 28.0. The number of rotatable bonds is 6. The Balaban J connectivity index is 0.000000364. The normalized spacial score (nSPS) is 14.4. The van der Waals surface area contributed by atoms with Crippen molar-refractivity contribution in [2.75, 3.05) is 126 Å². The molecule has 0 unspecified atom stereocenters. The third-order valence-electron chi connectivity index (χ3n) is 9.02. The number of amides is 2. The molecule has 0 aliphatic carbocycles. The first kappa shape index (κ1) is 54.3. The number of anilines is 1. The first-order chi connectivity index (χ1) is 29.6. The van der Waals surface area contributed by atoms with Crippen LogP contribution in [0.3, 0.4) is 0 Å². The maximum absolute atomic E-state index is 13.2. The summed E-state index contributed by atoms with van der Waals surface area (Å²) >= 11 is 3.66. The first-order valence-corrected chi connectivity index (χ1v) is 21.3. The number of hydrogen-bond donors (Lipinski definition) is 3. The number of carbonyl (C=O) groups excluding carboxylic acids is 2. The van der Waals surface area contributed by atoms with Gasteiger partial charge >= 0.3 is 42.3 Å². The molecule has 1 fully saturated rings. The Bertz CT molecular complexity index is 1990. The van der Waals surface area contributed by atoms with Crippen LogP contribution in [0, 0.1) is 0 Å². The van der Waals surface area contributed by atoms with Gasteiger partial charge in [0.1, 0.15) is 11.5 Å². The standard InChI is InChI=1S/C23H31NO7.C17H13NO2.C6H16N2.ClH.2Cu/c25-22-18-20-4-2-1-3-19(20)17-21(22)23(26)24-5-7-27-9-11-29-13-15-31-16-14-30-12-10-28-8-6-24;19-16-11-13-7-5-4-6-12(13)10-15(16)17(20)18-14-8-2-1-3-9-14;1-7(2)5-6-8(3)4;;;/h1-4,17-18,25H,5-16H2;1-11,19H,(H,18,20);5-6H2,1-4H3;1H;;/q;;;;2*+1/p-1. The first-order valence-electron chi connectivity index (χ1n) is 20.0. The Morgan fingerprint density at radius 1 is 0.565 bits per heavy atom. The summed E-state index contributed by atoms with van der Waals surface area (Å²) < 4.78 is 27.5. The average molecular weight is 976 g/mol. The van der Waals surface area contributed by atoms with Gasteiger partial charge in [0.05, 0.1) is 77.2 Å². The van der Waals surface area contributed by atoms with Crippen LogP contribution in [0.4, 0.5) is 5.69 Å². The van der Waals surface area contributed by atoms with E-state index in [1.165, 1.54) is 0 Å². The summed E-state index contributed by atoms with van der Waals surface area (Å²) in [6.45, 7) is 7.59. The number of phenolic OH excluding ortho intramolecular Hbond substituents is 2. The van der Waals surface area contributed by atoms with Crippen molar-refractivity contribution in [2.45, 2.75) is 0 Å². The Morgan fingerprint density at radius 3 is 1.31 bits per heavy atom. The van der Waals surface area contributed by atoms with Crippen molar-refractivity contribution >= 4 is 49.1 Å². The van der Waals surface area contributed by atoms with Gasteiger partial charge < -0.3 is 53.9 Å². The van der Waals surface area contributed by atoms with Crippen LogP contribution in [0.1, 0.15) is 20.7 Å². The van der Waals surface area contributed by atoms with Crippen LogP contribution in [-0.2, 0) is 55.9 Å². The maximum Gasteiger partial charge on any atom is 1.00 e. The predicted octanol–water partition coefficient (Wildman–Crippen LogP) is 6.68. The molecule has 0 spiro atoms. The fraction of sp³-hybridized carbons (Fsp3) is 0.391. The average Bonchev–Trinajstić information content (AvgIpc) is 3.26. The molecule has 0 saturated carbocycles. The molecule has 13 nitrogen and oxygen atoms in total. The van der Waals surface area contributed by atoms with E-state index in [1.807, 2.05) is 66.7 Å². The molecule has 0 atom stereocenters. The fourth-order valence-corrected chi connectivity index (χ4v) is 5.75. The van der Waals surface area contributed by atoms with Gasteiger partial charge in [-0.05, 0) is 86.1 Å². The van der Waals surface area contributed by atoms with Gasteiger partial charge in [-0.3, -0.25) is 9.59 Å². The second-order valence-corrected chi connectivity index (χ2v) is 14.2. The van der Waals surface area contributed by atoms with Gasteiger partial charge in [0.15, 0.2) is 0 Å². The minimum atomic E-state index is -0.320. The summed E-state index contributed by atoms with van der Waals surface area (Å²) in [7, 11) is 12.5. The zero-order valence-corrected chi connectivity index (χ0v) is 38.4. The van der Waals surface area contributed by atoms with Crippen molar-refractivity contribution in [1.29, 1.82) is 0 Å². The van der Waals surface area contributed by atoms with E-state index in [-0.39, 0.29) is 51.5 Å². The van der Waals surface area contributed by atoms with Crippen molar-refractivity contribution in [3.63, 3.8) is 0 Å². The molecule has 5 aromatic rings. The van der Waals surface area contributed by atoms with Gasteiger partial charge in [0.25, 0.3) is 11.8 Å². The molecule has 1 aliphatic heterocycles. The van der Waals surface area contributed by atoms with Crippen LogP contribution < -0.4 is 5.32 Å². The number of carbonyl (C=O) groups is 2. The third-order valence-corrected chi connectivity index (χ3v) is 9.02. The SMILES string of the molecule is CN(C)CCN(C)C.O=C(Nc1ccccc1)c1cc2ccccc2cc1O.O=C(c1cc2ccccc2cc1O)N1CCOCCOCCOCCOCCOCC1.[Cl][Cu].[Cu+]. The van der Waals surface area contributed by atoms with Crippen molar-refractivity contribution in [1.82, 2.24) is 14.7 Å². The van der Waals surface area contributed by atoms with Crippen LogP contribution in [0.2, 0.25) is 0 Å². The van der Waals surface area contributed by atoms with E-state index in [0.29, 0.717) is 84.8 Å². The Labute approximate surface area is 389 Å². The topological polar surface area (TPSA) is 142 Å². The van der Waals surface area contributed by atoms with E-state index in [0.717, 1.165) is 34.6 Å². The molecule has 1 aliphatic rings. The third kappa shape index (κ3) is 20.6. The molecule has 1 heterocycles. The van der Waals surface area contributed by atoms with Crippen molar-refractivity contribution in [2.24, 2.45) is 0 Å². The molecule has 0 aromatic heterocycles. The molecule has 2 amide bonds. The number of aromatic hydroxyl groups is 2. The molecule has 0 bridgehead atoms. The molecule has 5 aromatic carbocycles. The second kappa shape index (κ2) is 32.0. The minimum absolute atomic E-state index is 0. The number of benzene rings is 5. The van der Waals surface area contributed by atoms with E-state index >= 15 is 0 Å². The molecular formula is C46H60ClCu2N4O9+. The van der Waals surface area contributed by atoms with Crippen LogP contribution in [-0.4, -0.2) is 157 Å². The molecule has 3 N–H and O–H groups in total. The quantitative estimate of drug-likeness (QED) is 0.157. The Hall–Kier alpha value is -3.79. The summed E-state index contributed by atoms with van der Waals surface area (Å²) in [5.74, 6) is -0.625. The number of hydrogen-bond acceptors (Lipinski definition) is 11. The van der Waals surface area contributed by atoms with E-state index in [4.69, 9.17) is 23.7 Å². The number of halogens is 1. The molecule has 1 saturated heterocycles. The molecule has 16 heteroatoms. The number of phenols is 2. The summed E-state index contributed by atoms with van der Waals surface area (Å²) in [6, 6.07) is 31.0. The van der Waals surface area contributed by atoms with Crippen molar-refractivity contribution < 1.29 is 75.7 Å². The van der Waals surface area contributed by atoms with Gasteiger partial charge in [-0.15, -0.1) is 0 Å². The number of ether oxygens (including phenoxy) is 5. The van der Waals surface area contributed by atoms with Gasteiger partial charge in [0.2, 0.25) is 0 Å². The number of nitrogens with one attached hydrogen (secondary N) is 1. The fourth-order valence-electron chi connectivity index (χ4n) is 5.75. The zero-order chi connectivity index (χ0) is 44.2. The number of fused-ring (bicyclic) bond motifs is 2. The van der Waals surface area contributed by atoms with E-state index in [1.54, 1.807) is 41.3 Å². The predicted molar refractivity (Wildman–Crippen MR) is 239 cm³/mol. The molecule has 0 radical (unpaired) electrons. The van der Waals surface area contributed by atoms with E-state index in [9.17, 15) is 19.8 Å². The largest absolute Gasteiger partial charge is 1.00 e. The maximum atomic E-state index is 13.2. The summed E-state index contributed by atoms with van der Waals surface area (Å²) in [5, 5.41) is 26.8. The smallest absolute Gasteiger partial charge is 1.00 e. The van der Waals surface area contributed by atoms with Gasteiger partial charge in [-0.1, -0.05) is 66.7 Å². The van der Waals surface area contributed by atoms with Crippen LogP contribution in [0.25, 0.3) is 21.5 Å². The summed E-state index contributed by atoms with van der Waals surface area (Å²) in [4.78, 5) is 31.4.